The number of rotatable bonds is 8. The van der Waals surface area contributed by atoms with Crippen molar-refractivity contribution in [3.63, 3.8) is 0 Å². The Labute approximate surface area is 194 Å². The third-order valence-electron chi connectivity index (χ3n) is 6.11. The Kier molecular flexibility index (Phi) is 6.62. The highest BCUT2D eigenvalue weighted by molar-refractivity contribution is 7.89. The molecule has 0 bridgehead atoms. The summed E-state index contributed by atoms with van der Waals surface area (Å²) < 4.78 is 39.7. The molecule has 1 unspecified atom stereocenters. The number of sulfonamides is 1. The van der Waals surface area contributed by atoms with Gasteiger partial charge in [0, 0.05) is 36.7 Å². The van der Waals surface area contributed by atoms with E-state index in [4.69, 9.17) is 9.47 Å². The average Bonchev–Trinajstić information content (AvgIpc) is 3.52. The van der Waals surface area contributed by atoms with Gasteiger partial charge in [0.15, 0.2) is 11.5 Å². The maximum atomic E-state index is 12.9. The van der Waals surface area contributed by atoms with Crippen LogP contribution in [0.25, 0.3) is 10.9 Å². The van der Waals surface area contributed by atoms with Crippen LogP contribution in [0.1, 0.15) is 31.4 Å². The van der Waals surface area contributed by atoms with Crippen LogP contribution in [0.3, 0.4) is 0 Å². The highest BCUT2D eigenvalue weighted by Gasteiger charge is 2.27. The fraction of sp³-hybridized carbons (Fsp3) is 0.375. The number of hydrogen-bond acceptors (Lipinski definition) is 5. The summed E-state index contributed by atoms with van der Waals surface area (Å²) in [5, 5.41) is 3.74. The lowest BCUT2D eigenvalue weighted by Crippen LogP contribution is -2.30. The van der Waals surface area contributed by atoms with Crippen molar-refractivity contribution in [1.82, 2.24) is 14.2 Å². The van der Waals surface area contributed by atoms with Crippen LogP contribution in [0.5, 0.6) is 11.5 Å². The summed E-state index contributed by atoms with van der Waals surface area (Å²) in [6.45, 7) is 3.30. The van der Waals surface area contributed by atoms with Gasteiger partial charge in [0.05, 0.1) is 19.1 Å². The number of benzene rings is 2. The third-order valence-corrected chi connectivity index (χ3v) is 8.00. The van der Waals surface area contributed by atoms with Crippen molar-refractivity contribution in [2.45, 2.75) is 37.2 Å². The smallest absolute Gasteiger partial charge is 0.243 e. The van der Waals surface area contributed by atoms with E-state index in [1.54, 1.807) is 38.5 Å². The van der Waals surface area contributed by atoms with Crippen LogP contribution in [0.15, 0.2) is 53.6 Å². The topological polar surface area (TPSA) is 89.9 Å². The van der Waals surface area contributed by atoms with E-state index in [0.717, 1.165) is 29.3 Å². The number of hydrogen-bond donors (Lipinski definition) is 1. The van der Waals surface area contributed by atoms with Crippen LogP contribution in [0.2, 0.25) is 0 Å². The third kappa shape index (κ3) is 4.56. The van der Waals surface area contributed by atoms with Gasteiger partial charge in [-0.3, -0.25) is 4.79 Å². The van der Waals surface area contributed by atoms with Gasteiger partial charge < -0.3 is 19.4 Å². The normalized spacial score (nSPS) is 15.5. The molecular weight excluding hydrogens is 442 g/mol. The first kappa shape index (κ1) is 23.1. The summed E-state index contributed by atoms with van der Waals surface area (Å²) in [6, 6.07) is 12.0. The molecule has 9 heteroatoms. The molecule has 1 amide bonds. The minimum Gasteiger partial charge on any atom is -0.493 e. The van der Waals surface area contributed by atoms with E-state index in [-0.39, 0.29) is 5.91 Å². The molecule has 1 atom stereocenters. The van der Waals surface area contributed by atoms with Gasteiger partial charge in [-0.05, 0) is 61.7 Å². The molecule has 176 valence electrons. The van der Waals surface area contributed by atoms with Crippen molar-refractivity contribution in [1.29, 1.82) is 0 Å². The standard InChI is InChI=1S/C24H29N3O5S/c1-17(24(28)25-16-18-6-9-22(31-2)23(14-18)32-3)27-13-10-19-15-20(7-8-21(19)27)33(29,30)26-11-4-5-12-26/h6-10,13-15,17H,4-5,11-12,16H2,1-3H3,(H,25,28). The number of carbonyl (C=O) groups is 1. The molecule has 1 fully saturated rings. The Bertz CT molecular complexity index is 1260. The molecule has 0 spiro atoms. The number of carbonyl (C=O) groups excluding carboxylic acids is 1. The van der Waals surface area contributed by atoms with Gasteiger partial charge in [-0.2, -0.15) is 4.31 Å². The van der Waals surface area contributed by atoms with E-state index >= 15 is 0 Å². The van der Waals surface area contributed by atoms with E-state index in [1.807, 2.05) is 35.9 Å². The molecule has 0 saturated carbocycles. The van der Waals surface area contributed by atoms with Crippen LogP contribution in [0, 0.1) is 0 Å². The first-order valence-corrected chi connectivity index (χ1v) is 12.4. The van der Waals surface area contributed by atoms with Crippen LogP contribution >= 0.6 is 0 Å². The Hall–Kier alpha value is -3.04. The Morgan fingerprint density at radius 3 is 2.45 bits per heavy atom. The number of methoxy groups -OCH3 is 2. The second-order valence-corrected chi connectivity index (χ2v) is 10.1. The molecular formula is C24H29N3O5S. The highest BCUT2D eigenvalue weighted by atomic mass is 32.2. The molecule has 1 aromatic heterocycles. The summed E-state index contributed by atoms with van der Waals surface area (Å²) in [7, 11) is -0.335. The second kappa shape index (κ2) is 9.44. The van der Waals surface area contributed by atoms with Gasteiger partial charge in [-0.15, -0.1) is 0 Å². The largest absolute Gasteiger partial charge is 0.493 e. The first-order chi connectivity index (χ1) is 15.8. The summed E-state index contributed by atoms with van der Waals surface area (Å²) >= 11 is 0. The van der Waals surface area contributed by atoms with Crippen molar-refractivity contribution >= 4 is 26.8 Å². The number of fused-ring (bicyclic) bond motifs is 1. The zero-order valence-electron chi connectivity index (χ0n) is 19.1. The van der Waals surface area contributed by atoms with E-state index in [1.165, 1.54) is 4.31 Å². The Balaban J connectivity index is 1.48. The minimum atomic E-state index is -3.48. The predicted molar refractivity (Wildman–Crippen MR) is 126 cm³/mol. The molecule has 1 aliphatic heterocycles. The predicted octanol–water partition coefficient (Wildman–Crippen LogP) is 3.32. The van der Waals surface area contributed by atoms with Crippen molar-refractivity contribution in [2.75, 3.05) is 27.3 Å². The summed E-state index contributed by atoms with van der Waals surface area (Å²) in [5.41, 5.74) is 1.70. The molecule has 3 aromatic rings. The molecule has 8 nitrogen and oxygen atoms in total. The average molecular weight is 472 g/mol. The van der Waals surface area contributed by atoms with E-state index in [9.17, 15) is 13.2 Å². The maximum absolute atomic E-state index is 12.9. The molecule has 1 aliphatic rings. The zero-order chi connectivity index (χ0) is 23.6. The maximum Gasteiger partial charge on any atom is 0.243 e. The van der Waals surface area contributed by atoms with Crippen molar-refractivity contribution in [3.05, 3.63) is 54.2 Å². The van der Waals surface area contributed by atoms with Crippen LogP contribution < -0.4 is 14.8 Å². The highest BCUT2D eigenvalue weighted by Crippen LogP contribution is 2.28. The number of aromatic nitrogens is 1. The van der Waals surface area contributed by atoms with Crippen LogP contribution in [-0.2, 0) is 21.4 Å². The van der Waals surface area contributed by atoms with Gasteiger partial charge in [0.1, 0.15) is 6.04 Å². The fourth-order valence-electron chi connectivity index (χ4n) is 4.17. The molecule has 4 rings (SSSR count). The van der Waals surface area contributed by atoms with Crippen molar-refractivity contribution < 1.29 is 22.7 Å². The van der Waals surface area contributed by atoms with Gasteiger partial charge >= 0.3 is 0 Å². The zero-order valence-corrected chi connectivity index (χ0v) is 19.9. The minimum absolute atomic E-state index is 0.143. The van der Waals surface area contributed by atoms with Gasteiger partial charge in [0.2, 0.25) is 15.9 Å². The molecule has 2 aromatic carbocycles. The molecule has 1 N–H and O–H groups in total. The van der Waals surface area contributed by atoms with E-state index in [0.29, 0.717) is 36.0 Å². The quantitative estimate of drug-likeness (QED) is 0.544. The molecule has 1 saturated heterocycles. The number of nitrogens with zero attached hydrogens (tertiary/aromatic N) is 2. The molecule has 33 heavy (non-hydrogen) atoms. The molecule has 0 aliphatic carbocycles. The summed E-state index contributed by atoms with van der Waals surface area (Å²) in [4.78, 5) is 13.1. The van der Waals surface area contributed by atoms with Crippen molar-refractivity contribution in [3.8, 4) is 11.5 Å². The number of amides is 1. The lowest BCUT2D eigenvalue weighted by atomic mass is 10.2. The van der Waals surface area contributed by atoms with Gasteiger partial charge in [-0.1, -0.05) is 6.07 Å². The number of nitrogens with one attached hydrogen (secondary N) is 1. The van der Waals surface area contributed by atoms with E-state index < -0.39 is 16.1 Å². The lowest BCUT2D eigenvalue weighted by Gasteiger charge is -2.17. The fourth-order valence-corrected chi connectivity index (χ4v) is 5.72. The molecule has 0 radical (unpaired) electrons. The van der Waals surface area contributed by atoms with Crippen LogP contribution in [0.4, 0.5) is 0 Å². The number of ether oxygens (including phenoxy) is 2. The summed E-state index contributed by atoms with van der Waals surface area (Å²) in [6.07, 6.45) is 3.61. The Morgan fingerprint density at radius 2 is 1.76 bits per heavy atom. The Morgan fingerprint density at radius 1 is 1.03 bits per heavy atom. The van der Waals surface area contributed by atoms with Crippen LogP contribution in [-0.4, -0.2) is 50.5 Å². The van der Waals surface area contributed by atoms with Gasteiger partial charge in [-0.25, -0.2) is 8.42 Å². The van der Waals surface area contributed by atoms with Gasteiger partial charge in [0.25, 0.3) is 0 Å². The lowest BCUT2D eigenvalue weighted by molar-refractivity contribution is -0.123. The van der Waals surface area contributed by atoms with Crippen molar-refractivity contribution in [2.24, 2.45) is 0 Å². The second-order valence-electron chi connectivity index (χ2n) is 8.14. The molecule has 2 heterocycles. The summed E-state index contributed by atoms with van der Waals surface area (Å²) in [5.74, 6) is 1.09. The first-order valence-electron chi connectivity index (χ1n) is 10.9. The SMILES string of the molecule is COc1ccc(CNC(=O)C(C)n2ccc3cc(S(=O)(=O)N4CCCC4)ccc32)cc1OC. The monoisotopic (exact) mass is 471 g/mol. The van der Waals surface area contributed by atoms with E-state index in [2.05, 4.69) is 5.32 Å².